The van der Waals surface area contributed by atoms with Gasteiger partial charge in [0.2, 0.25) is 7.98 Å². The van der Waals surface area contributed by atoms with Gasteiger partial charge in [0.1, 0.15) is 0 Å². The summed E-state index contributed by atoms with van der Waals surface area (Å²) in [6.45, 7) is 4.56. The summed E-state index contributed by atoms with van der Waals surface area (Å²) in [5.74, 6) is 0.738. The highest BCUT2D eigenvalue weighted by molar-refractivity contribution is 6.05. The van der Waals surface area contributed by atoms with E-state index in [0.717, 1.165) is 5.92 Å². The van der Waals surface area contributed by atoms with E-state index in [4.69, 9.17) is 0 Å². The van der Waals surface area contributed by atoms with Crippen molar-refractivity contribution in [2.24, 2.45) is 0 Å². The molecule has 0 amide bonds. The lowest BCUT2D eigenvalue weighted by atomic mass is 9.90. The molecule has 0 saturated heterocycles. The van der Waals surface area contributed by atoms with E-state index < -0.39 is 0 Å². The van der Waals surface area contributed by atoms with E-state index in [1.807, 2.05) is 12.6 Å². The van der Waals surface area contributed by atoms with Crippen molar-refractivity contribution in [1.29, 1.82) is 0 Å². The summed E-state index contributed by atoms with van der Waals surface area (Å²) < 4.78 is 1.94. The van der Waals surface area contributed by atoms with Gasteiger partial charge in [-0.05, 0) is 24.3 Å². The van der Waals surface area contributed by atoms with E-state index in [2.05, 4.69) is 31.3 Å². The van der Waals surface area contributed by atoms with Crippen molar-refractivity contribution in [3.05, 3.63) is 18.0 Å². The van der Waals surface area contributed by atoms with Crippen LogP contribution in [0.3, 0.4) is 0 Å². The van der Waals surface area contributed by atoms with Gasteiger partial charge in [0.25, 0.3) is 0 Å². The Morgan fingerprint density at radius 2 is 1.67 bits per heavy atom. The predicted octanol–water partition coefficient (Wildman–Crippen LogP) is 3.91. The summed E-state index contributed by atoms with van der Waals surface area (Å²) in [6.07, 6.45) is 16.5. The third kappa shape index (κ3) is 5.75. The zero-order valence-electron chi connectivity index (χ0n) is 12.5. The topological polar surface area (TPSA) is 17.8 Å². The fourth-order valence-electron chi connectivity index (χ4n) is 2.59. The lowest BCUT2D eigenvalue weighted by Gasteiger charge is -2.15. The van der Waals surface area contributed by atoms with Gasteiger partial charge in [0.15, 0.2) is 0 Å². The molecule has 0 saturated carbocycles. The first-order valence-electron chi connectivity index (χ1n) is 7.76. The van der Waals surface area contributed by atoms with Crippen LogP contribution in [-0.2, 0) is 0 Å². The smallest absolute Gasteiger partial charge is 0.248 e. The lowest BCUT2D eigenvalue weighted by molar-refractivity contribution is 0.501. The van der Waals surface area contributed by atoms with E-state index in [-0.39, 0.29) is 0 Å². The van der Waals surface area contributed by atoms with Crippen molar-refractivity contribution in [2.45, 2.75) is 77.6 Å². The number of hydrogen-bond donors (Lipinski definition) is 0. The summed E-state index contributed by atoms with van der Waals surface area (Å²) >= 11 is 0. The molecule has 1 atom stereocenters. The fourth-order valence-corrected chi connectivity index (χ4v) is 2.59. The van der Waals surface area contributed by atoms with Crippen LogP contribution in [0.5, 0.6) is 0 Å². The van der Waals surface area contributed by atoms with E-state index in [9.17, 15) is 0 Å². The predicted molar refractivity (Wildman–Crippen MR) is 81.8 cm³/mol. The van der Waals surface area contributed by atoms with Gasteiger partial charge in [0.05, 0.1) is 6.20 Å². The number of nitrogens with zero attached hydrogens (tertiary/aromatic N) is 2. The van der Waals surface area contributed by atoms with Gasteiger partial charge in [-0.25, -0.2) is 0 Å². The number of unbranched alkanes of at least 4 members (excludes halogenated alkanes) is 5. The average Bonchev–Trinajstić information content (AvgIpc) is 2.79. The van der Waals surface area contributed by atoms with Gasteiger partial charge >= 0.3 is 0 Å². The summed E-state index contributed by atoms with van der Waals surface area (Å²) in [5.41, 5.74) is 1.45. The molecule has 0 aromatic carbocycles. The Kier molecular flexibility index (Phi) is 7.87. The summed E-state index contributed by atoms with van der Waals surface area (Å²) in [7, 11) is 2.02. The van der Waals surface area contributed by atoms with Gasteiger partial charge in [-0.3, -0.25) is 0 Å². The molecule has 0 spiro atoms. The molecule has 0 radical (unpaired) electrons. The average molecular weight is 248 g/mol. The third-order valence-electron chi connectivity index (χ3n) is 3.76. The molecule has 2 nitrogen and oxygen atoms in total. The molecule has 1 rings (SSSR count). The van der Waals surface area contributed by atoms with Crippen molar-refractivity contribution in [2.75, 3.05) is 0 Å². The Morgan fingerprint density at radius 3 is 2.22 bits per heavy atom. The van der Waals surface area contributed by atoms with Crippen molar-refractivity contribution in [3.63, 3.8) is 0 Å². The molecule has 1 heterocycles. The first kappa shape index (κ1) is 15.3. The second-order valence-electron chi connectivity index (χ2n) is 5.49. The molecule has 0 aliphatic heterocycles. The zero-order valence-corrected chi connectivity index (χ0v) is 12.5. The van der Waals surface area contributed by atoms with Crippen molar-refractivity contribution in [1.82, 2.24) is 9.69 Å². The minimum Gasteiger partial charge on any atom is -0.326 e. The van der Waals surface area contributed by atoms with Crippen LogP contribution in [0, 0.1) is 0 Å². The number of aromatic nitrogens is 2. The lowest BCUT2D eigenvalue weighted by Crippen LogP contribution is -1.99. The maximum Gasteiger partial charge on any atom is 0.248 e. The van der Waals surface area contributed by atoms with E-state index in [1.165, 1.54) is 63.4 Å². The van der Waals surface area contributed by atoms with Crippen LogP contribution < -0.4 is 0 Å². The Bertz CT molecular complexity index is 309. The van der Waals surface area contributed by atoms with E-state index >= 15 is 0 Å². The molecule has 1 aromatic heterocycles. The molecule has 0 aliphatic carbocycles. The van der Waals surface area contributed by atoms with E-state index in [0.29, 0.717) is 0 Å². The van der Waals surface area contributed by atoms with Gasteiger partial charge in [-0.2, -0.15) is 5.10 Å². The minimum absolute atomic E-state index is 0.738. The highest BCUT2D eigenvalue weighted by Crippen LogP contribution is 2.27. The third-order valence-corrected chi connectivity index (χ3v) is 3.76. The van der Waals surface area contributed by atoms with Crippen LogP contribution in [0.15, 0.2) is 12.4 Å². The van der Waals surface area contributed by atoms with Gasteiger partial charge in [0, 0.05) is 6.20 Å². The summed E-state index contributed by atoms with van der Waals surface area (Å²) in [5, 5.41) is 4.33. The fraction of sp³-hybridized carbons (Fsp3) is 0.800. The van der Waals surface area contributed by atoms with Gasteiger partial charge in [-0.15, -0.1) is 0 Å². The minimum atomic E-state index is 0.738. The van der Waals surface area contributed by atoms with Crippen LogP contribution in [0.1, 0.15) is 83.1 Å². The number of rotatable bonds is 10. The molecular formula is C15H29BN2. The van der Waals surface area contributed by atoms with Crippen molar-refractivity contribution < 1.29 is 0 Å². The van der Waals surface area contributed by atoms with Crippen LogP contribution in [0.25, 0.3) is 0 Å². The highest BCUT2D eigenvalue weighted by Gasteiger charge is 2.12. The molecule has 18 heavy (non-hydrogen) atoms. The first-order chi connectivity index (χ1) is 8.77. The van der Waals surface area contributed by atoms with Crippen molar-refractivity contribution >= 4 is 7.98 Å². The van der Waals surface area contributed by atoms with Crippen LogP contribution in [-0.4, -0.2) is 17.7 Å². The molecule has 0 fully saturated rings. The molecule has 1 aromatic rings. The second kappa shape index (κ2) is 9.24. The maximum atomic E-state index is 4.33. The first-order valence-corrected chi connectivity index (χ1v) is 7.76. The molecule has 0 aliphatic rings. The molecule has 0 N–H and O–H groups in total. The zero-order chi connectivity index (χ0) is 13.2. The Hall–Kier alpha value is -0.725. The van der Waals surface area contributed by atoms with Crippen LogP contribution in [0.4, 0.5) is 0 Å². The maximum absolute atomic E-state index is 4.33. The normalized spacial score (nSPS) is 12.8. The molecule has 0 bridgehead atoms. The molecule has 102 valence electrons. The van der Waals surface area contributed by atoms with Gasteiger partial charge in [-0.1, -0.05) is 58.8 Å². The summed E-state index contributed by atoms with van der Waals surface area (Å²) in [4.78, 5) is 0. The molecule has 3 heteroatoms. The monoisotopic (exact) mass is 248 g/mol. The Morgan fingerprint density at radius 1 is 1.06 bits per heavy atom. The highest BCUT2D eigenvalue weighted by atomic mass is 15.2. The van der Waals surface area contributed by atoms with Crippen LogP contribution >= 0.6 is 0 Å². The van der Waals surface area contributed by atoms with Crippen molar-refractivity contribution in [3.8, 4) is 0 Å². The molecular weight excluding hydrogens is 219 g/mol. The molecule has 1 unspecified atom stereocenters. The standard InChI is InChI=1S/C15H29BN2/c1-3-5-7-9-11-14(10-8-6-4-2)15-12-17-18(16)13-15/h12-14H,3-11,16H2,1-2H3. The summed E-state index contributed by atoms with van der Waals surface area (Å²) in [6, 6.07) is 0. The SMILES string of the molecule is Bn1cc(C(CCCCC)CCCCCC)cn1. The second-order valence-corrected chi connectivity index (χ2v) is 5.49. The van der Waals surface area contributed by atoms with Gasteiger partial charge < -0.3 is 4.59 Å². The quantitative estimate of drug-likeness (QED) is 0.453. The van der Waals surface area contributed by atoms with Crippen LogP contribution in [0.2, 0.25) is 0 Å². The Balaban J connectivity index is 2.41. The largest absolute Gasteiger partial charge is 0.326 e. The number of hydrogen-bond acceptors (Lipinski definition) is 1. The Labute approximate surface area is 114 Å². The van der Waals surface area contributed by atoms with E-state index in [1.54, 1.807) is 0 Å².